The van der Waals surface area contributed by atoms with Crippen LogP contribution < -0.4 is 4.74 Å². The Morgan fingerprint density at radius 3 is 2.33 bits per heavy atom. The van der Waals surface area contributed by atoms with Crippen molar-refractivity contribution in [2.45, 2.75) is 24.0 Å². The summed E-state index contributed by atoms with van der Waals surface area (Å²) in [6.45, 7) is 1.33. The molecule has 39 heavy (non-hydrogen) atoms. The summed E-state index contributed by atoms with van der Waals surface area (Å²) in [4.78, 5) is -0.00388. The van der Waals surface area contributed by atoms with Gasteiger partial charge in [0.05, 0.1) is 24.7 Å². The van der Waals surface area contributed by atoms with E-state index in [0.717, 1.165) is 33.3 Å². The molecule has 6 nitrogen and oxygen atoms in total. The van der Waals surface area contributed by atoms with Crippen molar-refractivity contribution < 1.29 is 26.8 Å². The van der Waals surface area contributed by atoms with Gasteiger partial charge in [-0.2, -0.15) is 8.42 Å². The minimum absolute atomic E-state index is 0.00388. The average molecular weight is 546 g/mol. The van der Waals surface area contributed by atoms with Gasteiger partial charge in [0.25, 0.3) is 10.1 Å². The van der Waals surface area contributed by atoms with Gasteiger partial charge < -0.3 is 14.4 Å². The minimum atomic E-state index is -4.12. The van der Waals surface area contributed by atoms with E-state index in [4.69, 9.17) is 8.92 Å². The molecule has 0 radical (unpaired) electrons. The van der Waals surface area contributed by atoms with Crippen molar-refractivity contribution in [3.63, 3.8) is 0 Å². The average Bonchev–Trinajstić information content (AvgIpc) is 3.32. The van der Waals surface area contributed by atoms with Crippen molar-refractivity contribution in [2.75, 3.05) is 13.7 Å². The summed E-state index contributed by atoms with van der Waals surface area (Å²) in [5.41, 5.74) is 4.00. The normalized spacial score (nSPS) is 13.3. The Hall–Kier alpha value is -3.98. The molecule has 0 aliphatic carbocycles. The van der Waals surface area contributed by atoms with Crippen LogP contribution >= 0.6 is 0 Å². The van der Waals surface area contributed by atoms with Crippen molar-refractivity contribution in [2.24, 2.45) is 0 Å². The van der Waals surface area contributed by atoms with E-state index in [1.807, 2.05) is 66.2 Å². The fourth-order valence-corrected chi connectivity index (χ4v) is 5.64. The molecule has 0 unspecified atom stereocenters. The van der Waals surface area contributed by atoms with Crippen LogP contribution in [0.3, 0.4) is 0 Å². The molecule has 2 atom stereocenters. The molecule has 5 rings (SSSR count). The van der Waals surface area contributed by atoms with Crippen LogP contribution in [0, 0.1) is 12.7 Å². The first-order valence-electron chi connectivity index (χ1n) is 12.4. The van der Waals surface area contributed by atoms with Crippen LogP contribution in [-0.2, 0) is 14.3 Å². The molecule has 0 aliphatic heterocycles. The zero-order valence-corrected chi connectivity index (χ0v) is 22.3. The number of benzene rings is 4. The van der Waals surface area contributed by atoms with Crippen molar-refractivity contribution in [1.29, 1.82) is 0 Å². The highest BCUT2D eigenvalue weighted by molar-refractivity contribution is 7.86. The van der Waals surface area contributed by atoms with Crippen LogP contribution in [0.2, 0.25) is 0 Å². The predicted molar refractivity (Wildman–Crippen MR) is 149 cm³/mol. The zero-order valence-electron chi connectivity index (χ0n) is 21.5. The fourth-order valence-electron chi connectivity index (χ4n) is 4.72. The molecule has 0 aliphatic rings. The number of ether oxygens (including phenoxy) is 1. The van der Waals surface area contributed by atoms with Crippen molar-refractivity contribution in [3.8, 4) is 16.9 Å². The molecular weight excluding hydrogens is 517 g/mol. The number of hydrogen-bond acceptors (Lipinski definition) is 5. The third kappa shape index (κ3) is 5.59. The molecule has 1 heterocycles. The number of para-hydroxylation sites is 1. The highest BCUT2D eigenvalue weighted by atomic mass is 32.2. The fraction of sp³-hybridized carbons (Fsp3) is 0.161. The Morgan fingerprint density at radius 1 is 0.923 bits per heavy atom. The number of fused-ring (bicyclic) bond motifs is 1. The van der Waals surface area contributed by atoms with Gasteiger partial charge in [-0.05, 0) is 60.5 Å². The summed E-state index contributed by atoms with van der Waals surface area (Å²) in [7, 11) is -2.52. The molecule has 1 aromatic heterocycles. The smallest absolute Gasteiger partial charge is 0.297 e. The van der Waals surface area contributed by atoms with Gasteiger partial charge >= 0.3 is 0 Å². The lowest BCUT2D eigenvalue weighted by atomic mass is 10.0. The lowest BCUT2D eigenvalue weighted by Gasteiger charge is -2.26. The maximum Gasteiger partial charge on any atom is 0.297 e. The summed E-state index contributed by atoms with van der Waals surface area (Å²) in [6.07, 6.45) is 0.561. The van der Waals surface area contributed by atoms with E-state index in [1.165, 1.54) is 24.3 Å². The molecule has 0 saturated heterocycles. The summed E-state index contributed by atoms with van der Waals surface area (Å²) >= 11 is 0. The second-order valence-electron chi connectivity index (χ2n) is 9.31. The number of aliphatic hydroxyl groups excluding tert-OH is 1. The van der Waals surface area contributed by atoms with Gasteiger partial charge in [0, 0.05) is 22.7 Å². The maximum absolute atomic E-state index is 14.4. The van der Waals surface area contributed by atoms with Crippen molar-refractivity contribution in [1.82, 2.24) is 4.57 Å². The van der Waals surface area contributed by atoms with Crippen molar-refractivity contribution in [3.05, 3.63) is 120 Å². The Balaban J connectivity index is 1.56. The van der Waals surface area contributed by atoms with E-state index in [-0.39, 0.29) is 4.90 Å². The molecule has 1 N–H and O–H groups in total. The number of aromatic nitrogens is 1. The first-order valence-corrected chi connectivity index (χ1v) is 13.8. The van der Waals surface area contributed by atoms with Crippen molar-refractivity contribution >= 4 is 21.0 Å². The Morgan fingerprint density at radius 2 is 1.64 bits per heavy atom. The second-order valence-corrected chi connectivity index (χ2v) is 10.9. The molecule has 0 saturated carbocycles. The molecular formula is C31H28FNO5S. The van der Waals surface area contributed by atoms with Gasteiger partial charge in [0.15, 0.2) is 0 Å². The molecule has 0 spiro atoms. The first kappa shape index (κ1) is 26.6. The van der Waals surface area contributed by atoms with Gasteiger partial charge in [0.2, 0.25) is 0 Å². The van der Waals surface area contributed by atoms with E-state index < -0.39 is 34.7 Å². The number of nitrogens with zero attached hydrogens (tertiary/aromatic N) is 1. The standard InChI is InChI=1S/C31H28FNO5S/c1-21-10-16-26(17-11-21)39(35,36)38-20-30(34)31(23-6-5-7-24(32)18-23)33-19-28(27-8-3-4-9-29(27)33)22-12-14-25(37-2)15-13-22/h3-19,30-31,34H,20H2,1-2H3/t30-,31+/m1/s1. The van der Waals surface area contributed by atoms with Crippen LogP contribution in [-0.4, -0.2) is 37.9 Å². The molecule has 200 valence electrons. The maximum atomic E-state index is 14.4. The molecule has 4 aromatic carbocycles. The third-order valence-electron chi connectivity index (χ3n) is 6.70. The number of aryl methyl sites for hydroxylation is 1. The molecule has 5 aromatic rings. The topological polar surface area (TPSA) is 77.8 Å². The molecule has 8 heteroatoms. The highest BCUT2D eigenvalue weighted by Gasteiger charge is 2.28. The van der Waals surface area contributed by atoms with E-state index in [2.05, 4.69) is 0 Å². The number of rotatable bonds is 9. The lowest BCUT2D eigenvalue weighted by molar-refractivity contribution is 0.0784. The Bertz CT molecular complexity index is 1700. The third-order valence-corrected chi connectivity index (χ3v) is 8.00. The highest BCUT2D eigenvalue weighted by Crippen LogP contribution is 2.36. The quantitative estimate of drug-likeness (QED) is 0.226. The molecule has 0 bridgehead atoms. The first-order chi connectivity index (χ1) is 18.8. The van der Waals surface area contributed by atoms with Crippen LogP contribution in [0.1, 0.15) is 17.2 Å². The van der Waals surface area contributed by atoms with Gasteiger partial charge in [0.1, 0.15) is 17.7 Å². The van der Waals surface area contributed by atoms with Crippen LogP contribution in [0.4, 0.5) is 4.39 Å². The minimum Gasteiger partial charge on any atom is -0.497 e. The summed E-state index contributed by atoms with van der Waals surface area (Å²) < 4.78 is 52.5. The van der Waals surface area contributed by atoms with Crippen LogP contribution in [0.15, 0.2) is 108 Å². The molecule has 0 amide bonds. The van der Waals surface area contributed by atoms with Crippen LogP contribution in [0.5, 0.6) is 5.75 Å². The number of aliphatic hydroxyl groups is 1. The summed E-state index contributed by atoms with van der Waals surface area (Å²) in [5, 5.41) is 12.3. The van der Waals surface area contributed by atoms with E-state index in [9.17, 15) is 17.9 Å². The molecule has 0 fully saturated rings. The Kier molecular flexibility index (Phi) is 7.52. The van der Waals surface area contributed by atoms with Crippen LogP contribution in [0.25, 0.3) is 22.0 Å². The number of halogens is 1. The van der Waals surface area contributed by atoms with Gasteiger partial charge in [-0.1, -0.05) is 60.2 Å². The number of methoxy groups -OCH3 is 1. The van der Waals surface area contributed by atoms with E-state index >= 15 is 0 Å². The Labute approximate surface area is 227 Å². The monoisotopic (exact) mass is 545 g/mol. The second kappa shape index (κ2) is 11.0. The number of hydrogen-bond donors (Lipinski definition) is 1. The van der Waals surface area contributed by atoms with Gasteiger partial charge in [-0.15, -0.1) is 0 Å². The predicted octanol–water partition coefficient (Wildman–Crippen LogP) is 6.12. The van der Waals surface area contributed by atoms with Gasteiger partial charge in [-0.25, -0.2) is 4.39 Å². The largest absolute Gasteiger partial charge is 0.497 e. The summed E-state index contributed by atoms with van der Waals surface area (Å²) in [5.74, 6) is 0.257. The lowest BCUT2D eigenvalue weighted by Crippen LogP contribution is -2.30. The van der Waals surface area contributed by atoms with E-state index in [1.54, 1.807) is 31.4 Å². The van der Waals surface area contributed by atoms with E-state index in [0.29, 0.717) is 5.56 Å². The zero-order chi connectivity index (χ0) is 27.6. The van der Waals surface area contributed by atoms with Gasteiger partial charge in [-0.3, -0.25) is 4.18 Å². The summed E-state index contributed by atoms with van der Waals surface area (Å²) in [6, 6.07) is 26.6. The SMILES string of the molecule is COc1ccc(-c2cn([C@@H](c3cccc(F)c3)[C@H](O)COS(=O)(=O)c3ccc(C)cc3)c3ccccc23)cc1.